The fourth-order valence-corrected chi connectivity index (χ4v) is 6.73. The van der Waals surface area contributed by atoms with E-state index in [4.69, 9.17) is 4.74 Å². The van der Waals surface area contributed by atoms with E-state index in [9.17, 15) is 37.7 Å². The summed E-state index contributed by atoms with van der Waals surface area (Å²) in [6.45, 7) is 1.43. The molecule has 12 heteroatoms. The molecule has 0 saturated carbocycles. The molecule has 5 aromatic rings. The molecule has 1 fully saturated rings. The normalized spacial score (nSPS) is 28.2. The molecule has 1 saturated heterocycles. The maximum atomic E-state index is 14.7. The van der Waals surface area contributed by atoms with E-state index in [0.29, 0.717) is 10.9 Å². The number of halogens is 4. The number of carbonyl (C=O) groups excluding carboxylic acids is 1. The zero-order chi connectivity index (χ0) is 26.6. The Morgan fingerprint density at radius 1 is 0.895 bits per heavy atom. The van der Waals surface area contributed by atoms with E-state index in [1.165, 1.54) is 16.1 Å². The largest absolute Gasteiger partial charge is 0.387 e. The van der Waals surface area contributed by atoms with Crippen LogP contribution in [0.5, 0.6) is 0 Å². The molecule has 1 amide bonds. The highest BCUT2D eigenvalue weighted by Crippen LogP contribution is 2.53. The number of aliphatic hydroxyl groups is 3. The molecule has 8 rings (SSSR count). The fraction of sp³-hybridized carbons (Fsp3) is 0.269. The summed E-state index contributed by atoms with van der Waals surface area (Å²) >= 11 is 0. The summed E-state index contributed by atoms with van der Waals surface area (Å²) in [5, 5.41) is 36.8. The number of ether oxygens (including phenoxy) is 1. The van der Waals surface area contributed by atoms with Crippen molar-refractivity contribution in [1.29, 1.82) is 0 Å². The third kappa shape index (κ3) is 2.26. The van der Waals surface area contributed by atoms with Gasteiger partial charge in [-0.05, 0) is 24.6 Å². The number of carbonyl (C=O) groups is 1. The van der Waals surface area contributed by atoms with Crippen molar-refractivity contribution in [2.75, 3.05) is 0 Å². The highest BCUT2D eigenvalue weighted by Gasteiger charge is 2.56. The lowest BCUT2D eigenvalue weighted by Crippen LogP contribution is -2.61. The lowest BCUT2D eigenvalue weighted by molar-refractivity contribution is -0.309. The molecule has 0 unspecified atom stereocenters. The van der Waals surface area contributed by atoms with Crippen LogP contribution in [0.25, 0.3) is 43.6 Å². The molecular weight excluding hydrogens is 510 g/mol. The van der Waals surface area contributed by atoms with Gasteiger partial charge >= 0.3 is 0 Å². The second-order valence-corrected chi connectivity index (χ2v) is 10.2. The van der Waals surface area contributed by atoms with E-state index in [2.05, 4.69) is 5.32 Å². The van der Waals surface area contributed by atoms with E-state index >= 15 is 0 Å². The van der Waals surface area contributed by atoms with Crippen LogP contribution in [0.1, 0.15) is 29.1 Å². The molecule has 0 spiro atoms. The van der Waals surface area contributed by atoms with Crippen LogP contribution in [0.3, 0.4) is 0 Å². The number of hydrogen-bond donors (Lipinski definition) is 4. The molecule has 38 heavy (non-hydrogen) atoms. The van der Waals surface area contributed by atoms with Crippen LogP contribution in [0.2, 0.25) is 0 Å². The summed E-state index contributed by atoms with van der Waals surface area (Å²) < 4.78 is 67.5. The molecule has 2 bridgehead atoms. The van der Waals surface area contributed by atoms with Crippen molar-refractivity contribution in [3.63, 3.8) is 0 Å². The predicted octanol–water partition coefficient (Wildman–Crippen LogP) is 3.00. The Bertz CT molecular complexity index is 1970. The summed E-state index contributed by atoms with van der Waals surface area (Å²) in [5.74, 6) is -5.20. The van der Waals surface area contributed by atoms with Crippen molar-refractivity contribution in [2.45, 2.75) is 43.7 Å². The molecule has 0 aliphatic carbocycles. The molecule has 5 atom stereocenters. The first kappa shape index (κ1) is 22.3. The smallest absolute Gasteiger partial charge is 0.252 e. The molecule has 194 valence electrons. The van der Waals surface area contributed by atoms with E-state index in [-0.39, 0.29) is 50.3 Å². The van der Waals surface area contributed by atoms with Gasteiger partial charge in [-0.1, -0.05) is 0 Å². The average molecular weight is 527 g/mol. The minimum absolute atomic E-state index is 0.0195. The zero-order valence-electron chi connectivity index (χ0n) is 19.4. The van der Waals surface area contributed by atoms with Crippen LogP contribution >= 0.6 is 0 Å². The molecule has 2 aromatic heterocycles. The summed E-state index contributed by atoms with van der Waals surface area (Å²) in [4.78, 5) is 13.2. The first-order valence-corrected chi connectivity index (χ1v) is 11.9. The monoisotopic (exact) mass is 527 g/mol. The van der Waals surface area contributed by atoms with Crippen LogP contribution in [0, 0.1) is 23.3 Å². The maximum absolute atomic E-state index is 14.7. The lowest BCUT2D eigenvalue weighted by Gasteiger charge is -2.47. The Balaban J connectivity index is 1.77. The molecule has 5 heterocycles. The SMILES string of the molecule is C[C@]12O[C@H]([C@H](O)[C@@H](O)[C@@H]1O)n1c3cc(F)c(F)cc3c3c4c(c5c6cc(F)c(F)cc6n2c5c31)C(=O)NC4. The van der Waals surface area contributed by atoms with Crippen molar-refractivity contribution >= 4 is 49.5 Å². The average Bonchev–Trinajstić information content (AvgIpc) is 3.48. The van der Waals surface area contributed by atoms with Crippen LogP contribution in [-0.4, -0.2) is 48.7 Å². The quantitative estimate of drug-likeness (QED) is 0.232. The van der Waals surface area contributed by atoms with Crippen molar-refractivity contribution in [3.05, 3.63) is 58.7 Å². The Hall–Kier alpha value is -3.71. The third-order valence-electron chi connectivity index (χ3n) is 8.36. The Labute approximate surface area is 209 Å². The number of aromatic nitrogens is 2. The molecule has 0 radical (unpaired) electrons. The van der Waals surface area contributed by atoms with Gasteiger partial charge in [0.2, 0.25) is 0 Å². The van der Waals surface area contributed by atoms with E-state index in [0.717, 1.165) is 24.3 Å². The number of benzene rings is 3. The van der Waals surface area contributed by atoms with E-state index < -0.39 is 59.4 Å². The van der Waals surface area contributed by atoms with Gasteiger partial charge in [-0.25, -0.2) is 17.6 Å². The van der Waals surface area contributed by atoms with Gasteiger partial charge in [-0.3, -0.25) is 4.79 Å². The van der Waals surface area contributed by atoms with Crippen molar-refractivity contribution < 1.29 is 42.4 Å². The second kappa shape index (κ2) is 6.64. The summed E-state index contributed by atoms with van der Waals surface area (Å²) in [5.41, 5.74) is -0.699. The van der Waals surface area contributed by atoms with Gasteiger partial charge in [-0.2, -0.15) is 0 Å². The molecule has 3 aromatic carbocycles. The fourth-order valence-electron chi connectivity index (χ4n) is 6.73. The van der Waals surface area contributed by atoms with Crippen LogP contribution in [0.15, 0.2) is 24.3 Å². The number of hydrogen-bond acceptors (Lipinski definition) is 5. The number of aliphatic hydroxyl groups excluding tert-OH is 3. The number of nitrogens with zero attached hydrogens (tertiary/aromatic N) is 2. The molecule has 3 aliphatic heterocycles. The van der Waals surface area contributed by atoms with Crippen LogP contribution < -0.4 is 5.32 Å². The first-order chi connectivity index (χ1) is 18.0. The van der Waals surface area contributed by atoms with Crippen molar-refractivity contribution in [3.8, 4) is 0 Å². The Kier molecular flexibility index (Phi) is 3.90. The van der Waals surface area contributed by atoms with Gasteiger partial charge in [0.1, 0.15) is 18.3 Å². The highest BCUT2D eigenvalue weighted by molar-refractivity contribution is 6.31. The lowest BCUT2D eigenvalue weighted by atomic mass is 9.93. The second-order valence-electron chi connectivity index (χ2n) is 10.2. The standard InChI is InChI=1S/C26H17F4N3O5/c1-26-23(36)21(34)22(35)25(38-26)32-14-4-12(29)10(27)2-7(14)16-9-6-31-24(37)18(9)17-8-3-11(28)13(30)5-15(8)33(26)20(17)19(16)32/h2-5,21-23,25,34-36H,6H2,1H3,(H,31,37)/t21-,22-,23+,25-,26+/m1/s1. The number of amides is 1. The Morgan fingerprint density at radius 2 is 1.50 bits per heavy atom. The van der Waals surface area contributed by atoms with Crippen molar-refractivity contribution in [1.82, 2.24) is 14.5 Å². The molecular formula is C26H17F4N3O5. The zero-order valence-corrected chi connectivity index (χ0v) is 19.4. The van der Waals surface area contributed by atoms with Gasteiger partial charge in [-0.15, -0.1) is 0 Å². The summed E-state index contributed by atoms with van der Waals surface area (Å²) in [6.07, 6.45) is -6.66. The number of nitrogens with one attached hydrogen (secondary N) is 1. The van der Waals surface area contributed by atoms with E-state index in [1.807, 2.05) is 0 Å². The van der Waals surface area contributed by atoms with Gasteiger partial charge in [0.05, 0.1) is 27.6 Å². The van der Waals surface area contributed by atoms with Crippen molar-refractivity contribution in [2.24, 2.45) is 0 Å². The highest BCUT2D eigenvalue weighted by atomic mass is 19.2. The number of fused-ring (bicyclic) bond motifs is 13. The van der Waals surface area contributed by atoms with Gasteiger partial charge in [0.15, 0.2) is 35.2 Å². The van der Waals surface area contributed by atoms with Crippen LogP contribution in [0.4, 0.5) is 17.6 Å². The topological polar surface area (TPSA) is 109 Å². The summed E-state index contributed by atoms with van der Waals surface area (Å²) in [6, 6.07) is 3.75. The number of rotatable bonds is 0. The van der Waals surface area contributed by atoms with Gasteiger partial charge in [0, 0.05) is 40.2 Å². The molecule has 4 N–H and O–H groups in total. The van der Waals surface area contributed by atoms with Gasteiger partial charge in [0.25, 0.3) is 5.91 Å². The third-order valence-corrected chi connectivity index (χ3v) is 8.36. The van der Waals surface area contributed by atoms with E-state index in [1.54, 1.807) is 0 Å². The minimum atomic E-state index is -1.87. The first-order valence-electron chi connectivity index (χ1n) is 11.9. The predicted molar refractivity (Wildman–Crippen MR) is 125 cm³/mol. The molecule has 3 aliphatic rings. The maximum Gasteiger partial charge on any atom is 0.252 e. The van der Waals surface area contributed by atoms with Gasteiger partial charge < -0.3 is 34.5 Å². The summed E-state index contributed by atoms with van der Waals surface area (Å²) in [7, 11) is 0. The minimum Gasteiger partial charge on any atom is -0.387 e. The van der Waals surface area contributed by atoms with Crippen LogP contribution in [-0.2, 0) is 17.0 Å². The molecule has 8 nitrogen and oxygen atoms in total. The Morgan fingerprint density at radius 3 is 2.18 bits per heavy atom.